The predicted molar refractivity (Wildman–Crippen MR) is 75.5 cm³/mol. The largest absolute Gasteiger partial charge is 0.310 e. The van der Waals surface area contributed by atoms with Gasteiger partial charge in [-0.25, -0.2) is 4.39 Å². The summed E-state index contributed by atoms with van der Waals surface area (Å²) in [5.74, 6) is -0.165. The standard InChI is InChI=1S/C15H18FNS/c1-2-8-17-15(11-14-7-4-9-18-14)12-5-3-6-13(16)10-12/h3-7,9-10,15,17H,2,8,11H2,1H3. The maximum Gasteiger partial charge on any atom is 0.123 e. The second kappa shape index (κ2) is 6.66. The first kappa shape index (κ1) is 13.2. The molecule has 0 aliphatic rings. The van der Waals surface area contributed by atoms with Crippen molar-refractivity contribution in [3.05, 3.63) is 58.0 Å². The van der Waals surface area contributed by atoms with Gasteiger partial charge in [-0.2, -0.15) is 0 Å². The van der Waals surface area contributed by atoms with E-state index in [9.17, 15) is 4.39 Å². The van der Waals surface area contributed by atoms with Crippen LogP contribution in [0.1, 0.15) is 29.8 Å². The third-order valence-electron chi connectivity index (χ3n) is 2.88. The Hall–Kier alpha value is -1.19. The molecule has 2 aromatic rings. The first-order chi connectivity index (χ1) is 8.79. The molecular formula is C15H18FNS. The van der Waals surface area contributed by atoms with E-state index in [0.29, 0.717) is 0 Å². The van der Waals surface area contributed by atoms with Gasteiger partial charge in [-0.15, -0.1) is 11.3 Å². The van der Waals surface area contributed by atoms with Gasteiger partial charge >= 0.3 is 0 Å². The van der Waals surface area contributed by atoms with E-state index in [0.717, 1.165) is 24.9 Å². The monoisotopic (exact) mass is 263 g/mol. The Labute approximate surface area is 112 Å². The zero-order valence-electron chi connectivity index (χ0n) is 10.5. The Morgan fingerprint density at radius 2 is 2.17 bits per heavy atom. The van der Waals surface area contributed by atoms with Crippen molar-refractivity contribution in [3.8, 4) is 0 Å². The maximum absolute atomic E-state index is 13.3. The lowest BCUT2D eigenvalue weighted by Crippen LogP contribution is -2.23. The van der Waals surface area contributed by atoms with Crippen LogP contribution in [0, 0.1) is 5.82 Å². The van der Waals surface area contributed by atoms with Crippen LogP contribution in [-0.2, 0) is 6.42 Å². The van der Waals surface area contributed by atoms with Crippen molar-refractivity contribution in [1.82, 2.24) is 5.32 Å². The molecular weight excluding hydrogens is 245 g/mol. The Kier molecular flexibility index (Phi) is 4.90. The molecule has 1 atom stereocenters. The number of benzene rings is 1. The van der Waals surface area contributed by atoms with Gasteiger partial charge in [0.05, 0.1) is 0 Å². The highest BCUT2D eigenvalue weighted by molar-refractivity contribution is 7.09. The van der Waals surface area contributed by atoms with Crippen LogP contribution in [0.2, 0.25) is 0 Å². The van der Waals surface area contributed by atoms with Gasteiger partial charge in [0, 0.05) is 17.3 Å². The van der Waals surface area contributed by atoms with Crippen LogP contribution < -0.4 is 5.32 Å². The molecule has 1 N–H and O–H groups in total. The quantitative estimate of drug-likeness (QED) is 0.824. The predicted octanol–water partition coefficient (Wildman–Crippen LogP) is 4.17. The van der Waals surface area contributed by atoms with E-state index in [1.165, 1.54) is 10.9 Å². The summed E-state index contributed by atoms with van der Waals surface area (Å²) in [5, 5.41) is 5.57. The summed E-state index contributed by atoms with van der Waals surface area (Å²) in [7, 11) is 0. The second-order valence-corrected chi connectivity index (χ2v) is 5.38. The highest BCUT2D eigenvalue weighted by Gasteiger charge is 2.12. The molecule has 0 spiro atoms. The molecule has 1 unspecified atom stereocenters. The smallest absolute Gasteiger partial charge is 0.123 e. The second-order valence-electron chi connectivity index (χ2n) is 4.35. The van der Waals surface area contributed by atoms with Crippen molar-refractivity contribution in [2.45, 2.75) is 25.8 Å². The molecule has 0 amide bonds. The summed E-state index contributed by atoms with van der Waals surface area (Å²) < 4.78 is 13.3. The van der Waals surface area contributed by atoms with Crippen molar-refractivity contribution in [3.63, 3.8) is 0 Å². The van der Waals surface area contributed by atoms with Crippen molar-refractivity contribution in [1.29, 1.82) is 0 Å². The molecule has 0 saturated carbocycles. The first-order valence-corrected chi connectivity index (χ1v) is 7.18. The van der Waals surface area contributed by atoms with Gasteiger partial charge in [0.25, 0.3) is 0 Å². The van der Waals surface area contributed by atoms with E-state index in [4.69, 9.17) is 0 Å². The van der Waals surface area contributed by atoms with Crippen LogP contribution in [0.5, 0.6) is 0 Å². The molecule has 0 fully saturated rings. The average Bonchev–Trinajstić information content (AvgIpc) is 2.87. The third-order valence-corrected chi connectivity index (χ3v) is 3.78. The number of hydrogen-bond acceptors (Lipinski definition) is 2. The molecule has 0 bridgehead atoms. The van der Waals surface area contributed by atoms with Crippen molar-refractivity contribution < 1.29 is 4.39 Å². The first-order valence-electron chi connectivity index (χ1n) is 6.31. The molecule has 1 heterocycles. The zero-order chi connectivity index (χ0) is 12.8. The van der Waals surface area contributed by atoms with Gasteiger partial charge in [-0.3, -0.25) is 0 Å². The minimum absolute atomic E-state index is 0.165. The Morgan fingerprint density at radius 3 is 2.83 bits per heavy atom. The van der Waals surface area contributed by atoms with Crippen molar-refractivity contribution >= 4 is 11.3 Å². The lowest BCUT2D eigenvalue weighted by atomic mass is 10.0. The molecule has 96 valence electrons. The summed E-state index contributed by atoms with van der Waals surface area (Å²) >= 11 is 1.75. The van der Waals surface area contributed by atoms with Gasteiger partial charge in [-0.05, 0) is 42.1 Å². The van der Waals surface area contributed by atoms with Gasteiger partial charge in [0.15, 0.2) is 0 Å². The normalized spacial score (nSPS) is 12.6. The molecule has 1 aromatic carbocycles. The van der Waals surface area contributed by atoms with Crippen LogP contribution in [-0.4, -0.2) is 6.54 Å². The van der Waals surface area contributed by atoms with Gasteiger partial charge in [-0.1, -0.05) is 25.1 Å². The van der Waals surface area contributed by atoms with Gasteiger partial charge < -0.3 is 5.32 Å². The summed E-state index contributed by atoms with van der Waals surface area (Å²) in [6, 6.07) is 11.3. The van der Waals surface area contributed by atoms with Crippen LogP contribution in [0.4, 0.5) is 4.39 Å². The molecule has 2 rings (SSSR count). The Morgan fingerprint density at radius 1 is 1.28 bits per heavy atom. The summed E-state index contributed by atoms with van der Waals surface area (Å²) in [6.07, 6.45) is 2.00. The number of nitrogens with one attached hydrogen (secondary N) is 1. The average molecular weight is 263 g/mol. The number of rotatable bonds is 6. The summed E-state index contributed by atoms with van der Waals surface area (Å²) in [4.78, 5) is 1.33. The third kappa shape index (κ3) is 3.65. The molecule has 0 radical (unpaired) electrons. The zero-order valence-corrected chi connectivity index (χ0v) is 11.3. The van der Waals surface area contributed by atoms with E-state index in [1.807, 2.05) is 6.07 Å². The van der Waals surface area contributed by atoms with Crippen molar-refractivity contribution in [2.75, 3.05) is 6.54 Å². The fourth-order valence-electron chi connectivity index (χ4n) is 1.98. The van der Waals surface area contributed by atoms with E-state index in [2.05, 4.69) is 29.8 Å². The Balaban J connectivity index is 2.13. The van der Waals surface area contributed by atoms with Crippen molar-refractivity contribution in [2.24, 2.45) is 0 Å². The highest BCUT2D eigenvalue weighted by atomic mass is 32.1. The van der Waals surface area contributed by atoms with E-state index in [1.54, 1.807) is 23.5 Å². The molecule has 1 aromatic heterocycles. The number of thiophene rings is 1. The minimum atomic E-state index is -0.165. The fraction of sp³-hybridized carbons (Fsp3) is 0.333. The summed E-state index contributed by atoms with van der Waals surface area (Å²) in [5.41, 5.74) is 1.02. The topological polar surface area (TPSA) is 12.0 Å². The molecule has 0 aliphatic carbocycles. The van der Waals surface area contributed by atoms with E-state index < -0.39 is 0 Å². The highest BCUT2D eigenvalue weighted by Crippen LogP contribution is 2.22. The minimum Gasteiger partial charge on any atom is -0.310 e. The fourth-order valence-corrected chi connectivity index (χ4v) is 2.73. The molecule has 0 aliphatic heterocycles. The van der Waals surface area contributed by atoms with E-state index >= 15 is 0 Å². The lowest BCUT2D eigenvalue weighted by molar-refractivity contribution is 0.527. The van der Waals surface area contributed by atoms with Crippen LogP contribution >= 0.6 is 11.3 Å². The number of hydrogen-bond donors (Lipinski definition) is 1. The van der Waals surface area contributed by atoms with Crippen LogP contribution in [0.15, 0.2) is 41.8 Å². The van der Waals surface area contributed by atoms with E-state index in [-0.39, 0.29) is 11.9 Å². The van der Waals surface area contributed by atoms with Crippen LogP contribution in [0.25, 0.3) is 0 Å². The maximum atomic E-state index is 13.3. The molecule has 1 nitrogen and oxygen atoms in total. The SMILES string of the molecule is CCCNC(Cc1cccs1)c1cccc(F)c1. The molecule has 0 saturated heterocycles. The lowest BCUT2D eigenvalue weighted by Gasteiger charge is -2.18. The molecule has 3 heteroatoms. The van der Waals surface area contributed by atoms with Crippen LogP contribution in [0.3, 0.4) is 0 Å². The Bertz CT molecular complexity index is 467. The number of halogens is 1. The van der Waals surface area contributed by atoms with Gasteiger partial charge in [0.1, 0.15) is 5.82 Å². The van der Waals surface area contributed by atoms with Gasteiger partial charge in [0.2, 0.25) is 0 Å². The summed E-state index contributed by atoms with van der Waals surface area (Å²) in [6.45, 7) is 3.09. The molecule has 18 heavy (non-hydrogen) atoms.